The Kier molecular flexibility index (Phi) is 4.35. The van der Waals surface area contributed by atoms with E-state index >= 15 is 0 Å². The first kappa shape index (κ1) is 15.5. The summed E-state index contributed by atoms with van der Waals surface area (Å²) in [5.41, 5.74) is 0.359. The highest BCUT2D eigenvalue weighted by molar-refractivity contribution is 9.10. The number of nitrogens with zero attached hydrogens (tertiary/aromatic N) is 1. The molecule has 3 N–H and O–H groups in total. The summed E-state index contributed by atoms with van der Waals surface area (Å²) in [6.07, 6.45) is 0.925. The van der Waals surface area contributed by atoms with Crippen LogP contribution in [-0.2, 0) is 10.0 Å². The maximum atomic E-state index is 12.7. The summed E-state index contributed by atoms with van der Waals surface area (Å²) in [7, 11) is -3.82. The van der Waals surface area contributed by atoms with Gasteiger partial charge in [-0.15, -0.1) is 0 Å². The molecule has 0 unspecified atom stereocenters. The topological polar surface area (TPSA) is 102 Å². The van der Waals surface area contributed by atoms with Crippen molar-refractivity contribution in [1.29, 1.82) is 0 Å². The van der Waals surface area contributed by atoms with Gasteiger partial charge in [-0.05, 0) is 46.3 Å². The first-order valence-electron chi connectivity index (χ1n) is 5.52. The lowest BCUT2D eigenvalue weighted by Gasteiger charge is -2.08. The molecule has 0 atom stereocenters. The Morgan fingerprint density at radius 2 is 2.00 bits per heavy atom. The van der Waals surface area contributed by atoms with Gasteiger partial charge in [0.15, 0.2) is 0 Å². The van der Waals surface area contributed by atoms with Crippen LogP contribution < -0.4 is 10.5 Å². The van der Waals surface area contributed by atoms with E-state index in [0.29, 0.717) is 10.2 Å². The maximum absolute atomic E-state index is 12.7. The molecule has 110 valence electrons. The van der Waals surface area contributed by atoms with Gasteiger partial charge in [0.25, 0.3) is 5.91 Å². The van der Waals surface area contributed by atoms with E-state index in [9.17, 15) is 17.6 Å². The number of anilines is 1. The Morgan fingerprint density at radius 1 is 1.29 bits per heavy atom. The molecule has 0 saturated carbocycles. The van der Waals surface area contributed by atoms with Crippen LogP contribution in [0.2, 0.25) is 0 Å². The molecular weight excluding hydrogens is 365 g/mol. The number of primary sulfonamides is 1. The quantitative estimate of drug-likeness (QED) is 0.857. The van der Waals surface area contributed by atoms with E-state index in [4.69, 9.17) is 5.14 Å². The zero-order chi connectivity index (χ0) is 15.6. The number of aromatic nitrogens is 1. The lowest BCUT2D eigenvalue weighted by molar-refractivity contribution is 0.102. The number of benzene rings is 1. The van der Waals surface area contributed by atoms with Crippen LogP contribution in [0.5, 0.6) is 0 Å². The minimum absolute atomic E-state index is 0.0267. The second-order valence-corrected chi connectivity index (χ2v) is 6.42. The van der Waals surface area contributed by atoms with E-state index in [0.717, 1.165) is 12.3 Å². The van der Waals surface area contributed by atoms with Crippen LogP contribution in [0.25, 0.3) is 0 Å². The molecule has 0 spiro atoms. The van der Waals surface area contributed by atoms with E-state index < -0.39 is 21.7 Å². The highest BCUT2D eigenvalue weighted by Crippen LogP contribution is 2.25. The molecule has 0 fully saturated rings. The number of pyridine rings is 1. The second kappa shape index (κ2) is 5.88. The standard InChI is InChI=1S/C12H9BrFN3O3S/c13-9-5-8(21(15,19)20)2-4-10(9)17-12(18)11-3-1-7(14)6-16-11/h1-6H,(H,17,18)(H2,15,19,20). The van der Waals surface area contributed by atoms with Crippen molar-refractivity contribution in [2.24, 2.45) is 5.14 Å². The molecule has 1 aromatic heterocycles. The van der Waals surface area contributed by atoms with E-state index in [1.165, 1.54) is 24.3 Å². The molecule has 1 aromatic carbocycles. The van der Waals surface area contributed by atoms with Gasteiger partial charge in [-0.3, -0.25) is 4.79 Å². The summed E-state index contributed by atoms with van der Waals surface area (Å²) in [5.74, 6) is -1.11. The third kappa shape index (κ3) is 3.84. The number of nitrogens with one attached hydrogen (secondary N) is 1. The molecular formula is C12H9BrFN3O3S. The van der Waals surface area contributed by atoms with Crippen molar-refractivity contribution in [3.05, 3.63) is 52.5 Å². The van der Waals surface area contributed by atoms with Gasteiger partial charge in [-0.2, -0.15) is 0 Å². The van der Waals surface area contributed by atoms with E-state index in [1.807, 2.05) is 0 Å². The number of amides is 1. The first-order chi connectivity index (χ1) is 9.77. The average molecular weight is 374 g/mol. The zero-order valence-electron chi connectivity index (χ0n) is 10.4. The fourth-order valence-corrected chi connectivity index (χ4v) is 2.64. The summed E-state index contributed by atoms with van der Waals surface area (Å²) < 4.78 is 35.5. The van der Waals surface area contributed by atoms with Crippen molar-refractivity contribution >= 4 is 37.5 Å². The van der Waals surface area contributed by atoms with Crippen molar-refractivity contribution < 1.29 is 17.6 Å². The minimum atomic E-state index is -3.82. The van der Waals surface area contributed by atoms with Gasteiger partial charge in [0.05, 0.1) is 16.8 Å². The normalized spacial score (nSPS) is 11.2. The maximum Gasteiger partial charge on any atom is 0.274 e. The van der Waals surface area contributed by atoms with Crippen LogP contribution in [-0.4, -0.2) is 19.3 Å². The average Bonchev–Trinajstić information content (AvgIpc) is 2.40. The SMILES string of the molecule is NS(=O)(=O)c1ccc(NC(=O)c2ccc(F)cn2)c(Br)c1. The van der Waals surface area contributed by atoms with E-state index in [1.54, 1.807) is 0 Å². The first-order valence-corrected chi connectivity index (χ1v) is 7.86. The molecule has 9 heteroatoms. The van der Waals surface area contributed by atoms with Crippen molar-refractivity contribution in [3.8, 4) is 0 Å². The molecule has 6 nitrogen and oxygen atoms in total. The highest BCUT2D eigenvalue weighted by atomic mass is 79.9. The van der Waals surface area contributed by atoms with Gasteiger partial charge in [0.2, 0.25) is 10.0 Å². The number of halogens is 2. The number of nitrogens with two attached hydrogens (primary N) is 1. The molecule has 0 bridgehead atoms. The highest BCUT2D eigenvalue weighted by Gasteiger charge is 2.13. The smallest absolute Gasteiger partial charge is 0.274 e. The number of carbonyl (C=O) groups is 1. The molecule has 0 aliphatic rings. The van der Waals surface area contributed by atoms with E-state index in [-0.39, 0.29) is 10.6 Å². The Hall–Kier alpha value is -1.84. The fraction of sp³-hybridized carbons (Fsp3) is 0. The van der Waals surface area contributed by atoms with E-state index in [2.05, 4.69) is 26.2 Å². The Bertz CT molecular complexity index is 794. The van der Waals surface area contributed by atoms with Gasteiger partial charge in [-0.25, -0.2) is 22.9 Å². The van der Waals surface area contributed by atoms with Gasteiger partial charge in [0.1, 0.15) is 11.5 Å². The van der Waals surface area contributed by atoms with Gasteiger partial charge in [-0.1, -0.05) is 0 Å². The van der Waals surface area contributed by atoms with Crippen LogP contribution in [0.15, 0.2) is 45.9 Å². The molecule has 2 aromatic rings. The van der Waals surface area contributed by atoms with Crippen molar-refractivity contribution in [3.63, 3.8) is 0 Å². The minimum Gasteiger partial charge on any atom is -0.320 e. The molecule has 0 aliphatic heterocycles. The Balaban J connectivity index is 2.24. The third-order valence-electron chi connectivity index (χ3n) is 2.48. The Labute approximate surface area is 128 Å². The number of hydrogen-bond donors (Lipinski definition) is 2. The van der Waals surface area contributed by atoms with Gasteiger partial charge < -0.3 is 5.32 Å². The number of hydrogen-bond acceptors (Lipinski definition) is 4. The summed E-state index contributed by atoms with van der Waals surface area (Å²) in [5, 5.41) is 7.52. The summed E-state index contributed by atoms with van der Waals surface area (Å²) >= 11 is 3.14. The predicted octanol–water partition coefficient (Wildman–Crippen LogP) is 1.88. The predicted molar refractivity (Wildman–Crippen MR) is 77.7 cm³/mol. The molecule has 0 saturated heterocycles. The van der Waals surface area contributed by atoms with Crippen molar-refractivity contribution in [1.82, 2.24) is 4.98 Å². The summed E-state index contributed by atoms with van der Waals surface area (Å²) in [6.45, 7) is 0. The lowest BCUT2D eigenvalue weighted by Crippen LogP contribution is -2.15. The number of carbonyl (C=O) groups excluding carboxylic acids is 1. The van der Waals surface area contributed by atoms with Crippen LogP contribution in [0.1, 0.15) is 10.5 Å². The second-order valence-electron chi connectivity index (χ2n) is 4.00. The molecule has 0 radical (unpaired) electrons. The van der Waals surface area contributed by atoms with Crippen LogP contribution in [0.3, 0.4) is 0 Å². The molecule has 21 heavy (non-hydrogen) atoms. The molecule has 1 amide bonds. The molecule has 2 rings (SSSR count). The fourth-order valence-electron chi connectivity index (χ4n) is 1.47. The van der Waals surface area contributed by atoms with Crippen molar-refractivity contribution in [2.75, 3.05) is 5.32 Å². The summed E-state index contributed by atoms with van der Waals surface area (Å²) in [6, 6.07) is 6.25. The van der Waals surface area contributed by atoms with Crippen LogP contribution in [0, 0.1) is 5.82 Å². The van der Waals surface area contributed by atoms with Crippen molar-refractivity contribution in [2.45, 2.75) is 4.90 Å². The number of sulfonamides is 1. The summed E-state index contributed by atoms with van der Waals surface area (Å²) in [4.78, 5) is 15.5. The Morgan fingerprint density at radius 3 is 2.52 bits per heavy atom. The molecule has 1 heterocycles. The monoisotopic (exact) mass is 373 g/mol. The molecule has 0 aliphatic carbocycles. The number of rotatable bonds is 3. The lowest BCUT2D eigenvalue weighted by atomic mass is 10.3. The zero-order valence-corrected chi connectivity index (χ0v) is 12.8. The third-order valence-corrected chi connectivity index (χ3v) is 4.04. The van der Waals surface area contributed by atoms with Gasteiger partial charge in [0, 0.05) is 4.47 Å². The van der Waals surface area contributed by atoms with Crippen LogP contribution >= 0.6 is 15.9 Å². The largest absolute Gasteiger partial charge is 0.320 e. The van der Waals surface area contributed by atoms with Crippen LogP contribution in [0.4, 0.5) is 10.1 Å². The van der Waals surface area contributed by atoms with Gasteiger partial charge >= 0.3 is 0 Å².